The first-order valence-electron chi connectivity index (χ1n) is 8.94. The number of benzene rings is 1. The Morgan fingerprint density at radius 2 is 1.93 bits per heavy atom. The topological polar surface area (TPSA) is 78.4 Å². The molecule has 10 heteroatoms. The number of thiophene rings is 1. The van der Waals surface area contributed by atoms with E-state index >= 15 is 0 Å². The first kappa shape index (κ1) is 19.5. The molecular weight excluding hydrogens is 418 g/mol. The van der Waals surface area contributed by atoms with Crippen LogP contribution in [0.2, 0.25) is 5.02 Å². The number of piperazine rings is 1. The van der Waals surface area contributed by atoms with Crippen LogP contribution in [0.4, 0.5) is 5.69 Å². The highest BCUT2D eigenvalue weighted by atomic mass is 35.5. The van der Waals surface area contributed by atoms with Crippen LogP contribution in [0.25, 0.3) is 10.1 Å². The Bertz CT molecular complexity index is 1050. The van der Waals surface area contributed by atoms with E-state index < -0.39 is 10.0 Å². The van der Waals surface area contributed by atoms with Gasteiger partial charge in [-0.15, -0.1) is 11.3 Å². The molecule has 28 heavy (non-hydrogen) atoms. The zero-order valence-corrected chi connectivity index (χ0v) is 17.5. The monoisotopic (exact) mass is 437 g/mol. The highest BCUT2D eigenvalue weighted by Gasteiger charge is 2.29. The maximum absolute atomic E-state index is 13.0. The molecule has 1 aliphatic heterocycles. The van der Waals surface area contributed by atoms with E-state index in [-0.39, 0.29) is 0 Å². The summed E-state index contributed by atoms with van der Waals surface area (Å²) in [6.45, 7) is 4.04. The van der Waals surface area contributed by atoms with Crippen molar-refractivity contribution in [3.63, 3.8) is 0 Å². The van der Waals surface area contributed by atoms with Gasteiger partial charge in [0.15, 0.2) is 0 Å². The number of anilines is 1. The van der Waals surface area contributed by atoms with Crippen LogP contribution in [0.3, 0.4) is 0 Å². The van der Waals surface area contributed by atoms with Crippen LogP contribution < -0.4 is 5.32 Å². The van der Waals surface area contributed by atoms with Gasteiger partial charge in [-0.3, -0.25) is 4.90 Å². The largest absolute Gasteiger partial charge is 0.382 e. The Morgan fingerprint density at radius 3 is 2.68 bits per heavy atom. The minimum atomic E-state index is -3.47. The minimum absolute atomic E-state index is 0.380. The van der Waals surface area contributed by atoms with Crippen LogP contribution in [0, 0.1) is 0 Å². The molecule has 0 radical (unpaired) electrons. The summed E-state index contributed by atoms with van der Waals surface area (Å²) in [5, 5.41) is 12.4. The third-order valence-corrected chi connectivity index (χ3v) is 8.41. The lowest BCUT2D eigenvalue weighted by atomic mass is 10.3. The highest BCUT2D eigenvalue weighted by Crippen LogP contribution is 2.32. The Labute approximate surface area is 173 Å². The van der Waals surface area contributed by atoms with Crippen molar-refractivity contribution in [1.82, 2.24) is 19.4 Å². The van der Waals surface area contributed by atoms with Gasteiger partial charge in [-0.1, -0.05) is 17.7 Å². The van der Waals surface area contributed by atoms with Gasteiger partial charge < -0.3 is 5.32 Å². The van der Waals surface area contributed by atoms with Crippen LogP contribution in [-0.2, 0) is 10.0 Å². The lowest BCUT2D eigenvalue weighted by Gasteiger charge is -2.33. The second-order valence-corrected chi connectivity index (χ2v) is 10.2. The molecule has 3 aromatic rings. The van der Waals surface area contributed by atoms with Crippen molar-refractivity contribution in [1.29, 1.82) is 0 Å². The summed E-state index contributed by atoms with van der Waals surface area (Å²) in [7, 11) is -3.47. The Morgan fingerprint density at radius 1 is 1.11 bits per heavy atom. The number of nitrogens with one attached hydrogen (secondary N) is 1. The van der Waals surface area contributed by atoms with E-state index in [1.54, 1.807) is 28.8 Å². The summed E-state index contributed by atoms with van der Waals surface area (Å²) in [6, 6.07) is 9.06. The lowest BCUT2D eigenvalue weighted by molar-refractivity contribution is 0.194. The van der Waals surface area contributed by atoms with Gasteiger partial charge in [-0.25, -0.2) is 8.42 Å². The standard InChI is InChI=1S/C18H20ClN5O2S2/c19-15-2-1-14-11-18(27-17(14)12-15)28(25,26)24-9-7-23(8-10-24)6-5-20-16-3-4-21-22-13-16/h1-4,11-13H,5-10H2,(H,20,21). The zero-order valence-electron chi connectivity index (χ0n) is 15.1. The number of sulfonamides is 1. The summed E-state index contributed by atoms with van der Waals surface area (Å²) < 4.78 is 28.9. The fourth-order valence-electron chi connectivity index (χ4n) is 3.18. The van der Waals surface area contributed by atoms with Crippen molar-refractivity contribution in [2.75, 3.05) is 44.6 Å². The van der Waals surface area contributed by atoms with Gasteiger partial charge in [0.2, 0.25) is 0 Å². The Hall–Kier alpha value is -1.78. The molecule has 0 aliphatic carbocycles. The van der Waals surface area contributed by atoms with E-state index in [4.69, 9.17) is 11.6 Å². The van der Waals surface area contributed by atoms with Gasteiger partial charge in [0.25, 0.3) is 10.0 Å². The van der Waals surface area contributed by atoms with E-state index in [0.29, 0.717) is 35.4 Å². The quantitative estimate of drug-likeness (QED) is 0.638. The van der Waals surface area contributed by atoms with Crippen LogP contribution in [0.5, 0.6) is 0 Å². The number of fused-ring (bicyclic) bond motifs is 1. The van der Waals surface area contributed by atoms with Gasteiger partial charge in [-0.2, -0.15) is 14.5 Å². The third-order valence-electron chi connectivity index (χ3n) is 4.73. The Balaban J connectivity index is 1.34. The van der Waals surface area contributed by atoms with Crippen LogP contribution in [-0.4, -0.2) is 67.1 Å². The van der Waals surface area contributed by atoms with Crippen molar-refractivity contribution in [3.8, 4) is 0 Å². The number of aromatic nitrogens is 2. The fourth-order valence-corrected chi connectivity index (χ4v) is 6.43. The van der Waals surface area contributed by atoms with Gasteiger partial charge in [-0.05, 0) is 29.7 Å². The predicted octanol–water partition coefficient (Wildman–Crippen LogP) is 2.76. The normalized spacial score (nSPS) is 16.5. The fraction of sp³-hybridized carbons (Fsp3) is 0.333. The maximum Gasteiger partial charge on any atom is 0.252 e. The van der Waals surface area contributed by atoms with E-state index in [1.165, 1.54) is 11.3 Å². The molecule has 1 aromatic carbocycles. The molecule has 1 saturated heterocycles. The molecular formula is C18H20ClN5O2S2. The second-order valence-electron chi connectivity index (χ2n) is 6.55. The third kappa shape index (κ3) is 4.28. The average molecular weight is 438 g/mol. The Kier molecular flexibility index (Phi) is 5.79. The molecule has 1 fully saturated rings. The van der Waals surface area contributed by atoms with Gasteiger partial charge in [0, 0.05) is 49.0 Å². The molecule has 1 aliphatic rings. The summed E-state index contributed by atoms with van der Waals surface area (Å²) in [4.78, 5) is 2.26. The molecule has 2 aromatic heterocycles. The molecule has 0 atom stereocenters. The van der Waals surface area contributed by atoms with E-state index in [0.717, 1.165) is 28.9 Å². The minimum Gasteiger partial charge on any atom is -0.382 e. The van der Waals surface area contributed by atoms with Crippen LogP contribution in [0.15, 0.2) is 46.9 Å². The molecule has 0 bridgehead atoms. The molecule has 0 unspecified atom stereocenters. The average Bonchev–Trinajstić information content (AvgIpc) is 3.13. The van der Waals surface area contributed by atoms with Crippen molar-refractivity contribution >= 4 is 48.7 Å². The molecule has 3 heterocycles. The number of nitrogens with zero attached hydrogens (tertiary/aromatic N) is 4. The summed E-state index contributed by atoms with van der Waals surface area (Å²) >= 11 is 7.29. The maximum atomic E-state index is 13.0. The predicted molar refractivity (Wildman–Crippen MR) is 113 cm³/mol. The van der Waals surface area contributed by atoms with Crippen LogP contribution >= 0.6 is 22.9 Å². The first-order chi connectivity index (χ1) is 13.5. The number of rotatable bonds is 6. The van der Waals surface area contributed by atoms with Crippen LogP contribution in [0.1, 0.15) is 0 Å². The van der Waals surface area contributed by atoms with E-state index in [2.05, 4.69) is 20.4 Å². The number of hydrogen-bond acceptors (Lipinski definition) is 7. The SMILES string of the molecule is O=S(=O)(c1cc2ccc(Cl)cc2s1)N1CCN(CCNc2ccnnc2)CC1. The highest BCUT2D eigenvalue weighted by molar-refractivity contribution is 7.91. The second kappa shape index (κ2) is 8.30. The zero-order chi connectivity index (χ0) is 19.6. The van der Waals surface area contributed by atoms with Gasteiger partial charge in [0.05, 0.1) is 18.1 Å². The van der Waals surface area contributed by atoms with Crippen molar-refractivity contribution < 1.29 is 8.42 Å². The summed E-state index contributed by atoms with van der Waals surface area (Å²) in [6.07, 6.45) is 3.33. The number of halogens is 1. The molecule has 0 spiro atoms. The number of hydrogen-bond donors (Lipinski definition) is 1. The summed E-state index contributed by atoms with van der Waals surface area (Å²) in [5.74, 6) is 0. The van der Waals surface area contributed by atoms with Gasteiger partial charge in [0.1, 0.15) is 4.21 Å². The summed E-state index contributed by atoms with van der Waals surface area (Å²) in [5.41, 5.74) is 0.932. The smallest absolute Gasteiger partial charge is 0.252 e. The molecule has 7 nitrogen and oxygen atoms in total. The molecule has 0 amide bonds. The van der Waals surface area contributed by atoms with E-state index in [1.807, 2.05) is 18.2 Å². The first-order valence-corrected chi connectivity index (χ1v) is 11.6. The van der Waals surface area contributed by atoms with Gasteiger partial charge >= 0.3 is 0 Å². The molecule has 0 saturated carbocycles. The molecule has 4 rings (SSSR count). The lowest BCUT2D eigenvalue weighted by Crippen LogP contribution is -2.49. The van der Waals surface area contributed by atoms with Crippen molar-refractivity contribution in [2.45, 2.75) is 4.21 Å². The van der Waals surface area contributed by atoms with Crippen molar-refractivity contribution in [3.05, 3.63) is 47.7 Å². The van der Waals surface area contributed by atoms with E-state index in [9.17, 15) is 8.42 Å². The molecule has 148 valence electrons. The molecule has 1 N–H and O–H groups in total. The van der Waals surface area contributed by atoms with Crippen molar-refractivity contribution in [2.24, 2.45) is 0 Å².